The number of nitrogens with zero attached hydrogens (tertiary/aromatic N) is 2. The number of carbonyl (C=O) groups is 2. The number of hydrogen-bond donors (Lipinski definition) is 0. The summed E-state index contributed by atoms with van der Waals surface area (Å²) < 4.78 is 0. The summed E-state index contributed by atoms with van der Waals surface area (Å²) in [6.07, 6.45) is 0.798. The Morgan fingerprint density at radius 2 is 1.39 bits per heavy atom. The predicted molar refractivity (Wildman–Crippen MR) is 134 cm³/mol. The van der Waals surface area contributed by atoms with Crippen LogP contribution in [0.5, 0.6) is 0 Å². The van der Waals surface area contributed by atoms with Crippen LogP contribution in [0.4, 0.5) is 11.4 Å². The summed E-state index contributed by atoms with van der Waals surface area (Å²) in [6, 6.07) is 26.4. The lowest BCUT2D eigenvalue weighted by Gasteiger charge is -2.50. The van der Waals surface area contributed by atoms with E-state index in [2.05, 4.69) is 57.2 Å². The van der Waals surface area contributed by atoms with Crippen molar-refractivity contribution in [3.63, 3.8) is 0 Å². The highest BCUT2D eigenvalue weighted by Gasteiger charge is 2.65. The molecular weight excluding hydrogens is 428 g/mol. The Kier molecular flexibility index (Phi) is 4.19. The molecule has 0 radical (unpaired) electrons. The summed E-state index contributed by atoms with van der Waals surface area (Å²) >= 11 is 1.45. The number of carbonyl (C=O) groups excluding carboxylic acids is 2. The summed E-state index contributed by atoms with van der Waals surface area (Å²) in [5.74, 6) is 0.250. The standard InChI is InChI=1S/C28H26N2O2S/c1-26(2)18-27(3,19-11-6-4-7-12-19)21-15-10-16-22-24(21)30(26)25(32)28(22)29(23(31)17-33-28)20-13-8-5-9-14-20/h4-16H,17-18H2,1-3H3/t27-,28+/m0/s1. The van der Waals surface area contributed by atoms with Crippen LogP contribution in [0, 0.1) is 0 Å². The Bertz CT molecular complexity index is 1290. The third-order valence-corrected chi connectivity index (χ3v) is 8.88. The van der Waals surface area contributed by atoms with E-state index in [1.807, 2.05) is 47.4 Å². The molecule has 0 aromatic heterocycles. The van der Waals surface area contributed by atoms with Crippen molar-refractivity contribution in [2.75, 3.05) is 15.6 Å². The maximum atomic E-state index is 14.4. The zero-order valence-corrected chi connectivity index (χ0v) is 19.9. The zero-order valence-electron chi connectivity index (χ0n) is 19.0. The van der Waals surface area contributed by atoms with Gasteiger partial charge in [-0.1, -0.05) is 73.7 Å². The maximum absolute atomic E-state index is 14.4. The Balaban J connectivity index is 1.64. The van der Waals surface area contributed by atoms with E-state index in [4.69, 9.17) is 0 Å². The molecule has 1 saturated heterocycles. The van der Waals surface area contributed by atoms with E-state index in [-0.39, 0.29) is 23.0 Å². The lowest BCUT2D eigenvalue weighted by molar-refractivity contribution is -0.124. The molecule has 3 aromatic carbocycles. The van der Waals surface area contributed by atoms with Gasteiger partial charge in [-0.25, -0.2) is 0 Å². The second-order valence-corrected chi connectivity index (χ2v) is 11.2. The lowest BCUT2D eigenvalue weighted by Crippen LogP contribution is -2.58. The van der Waals surface area contributed by atoms with Crippen molar-refractivity contribution in [2.45, 2.75) is 43.0 Å². The minimum Gasteiger partial charge on any atom is -0.303 e. The molecule has 1 fully saturated rings. The van der Waals surface area contributed by atoms with Gasteiger partial charge in [-0.05, 0) is 43.5 Å². The fraction of sp³-hybridized carbons (Fsp3) is 0.286. The molecule has 166 valence electrons. The predicted octanol–water partition coefficient (Wildman–Crippen LogP) is 5.45. The molecule has 3 aliphatic rings. The van der Waals surface area contributed by atoms with Crippen LogP contribution in [0.3, 0.4) is 0 Å². The first-order chi connectivity index (χ1) is 15.8. The molecule has 2 amide bonds. The van der Waals surface area contributed by atoms with Crippen LogP contribution in [-0.2, 0) is 19.9 Å². The van der Waals surface area contributed by atoms with Crippen molar-refractivity contribution in [3.05, 3.63) is 95.6 Å². The van der Waals surface area contributed by atoms with Crippen molar-refractivity contribution in [1.29, 1.82) is 0 Å². The molecule has 0 aliphatic carbocycles. The third kappa shape index (κ3) is 2.54. The molecule has 5 heteroatoms. The number of amides is 2. The van der Waals surface area contributed by atoms with E-state index in [1.54, 1.807) is 4.90 Å². The van der Waals surface area contributed by atoms with Crippen LogP contribution in [0.15, 0.2) is 78.9 Å². The minimum absolute atomic E-state index is 0.00948. The zero-order chi connectivity index (χ0) is 23.0. The van der Waals surface area contributed by atoms with Gasteiger partial charge < -0.3 is 4.90 Å². The van der Waals surface area contributed by atoms with Crippen molar-refractivity contribution in [2.24, 2.45) is 0 Å². The monoisotopic (exact) mass is 454 g/mol. The van der Waals surface area contributed by atoms with Crippen molar-refractivity contribution >= 4 is 35.0 Å². The highest BCUT2D eigenvalue weighted by Crippen LogP contribution is 2.62. The summed E-state index contributed by atoms with van der Waals surface area (Å²) in [5, 5.41) is 0. The molecule has 0 N–H and O–H groups in total. The van der Waals surface area contributed by atoms with Gasteiger partial charge in [0.2, 0.25) is 10.8 Å². The average Bonchev–Trinajstić information content (AvgIpc) is 3.29. The SMILES string of the molecule is CC1(C)C[C@@](C)(c2ccccc2)c2cccc3c2N1C(=O)[C@]31SCC(=O)N1c1ccccc1. The van der Waals surface area contributed by atoms with E-state index in [1.165, 1.54) is 17.3 Å². The van der Waals surface area contributed by atoms with Crippen LogP contribution in [0.1, 0.15) is 43.9 Å². The number of para-hydroxylation sites is 2. The summed E-state index contributed by atoms with van der Waals surface area (Å²) in [7, 11) is 0. The summed E-state index contributed by atoms with van der Waals surface area (Å²) in [6.45, 7) is 6.59. The Hall–Kier alpha value is -3.05. The summed E-state index contributed by atoms with van der Waals surface area (Å²) in [4.78, 5) is 30.3. The van der Waals surface area contributed by atoms with E-state index in [0.29, 0.717) is 0 Å². The Labute approximate surface area is 198 Å². The molecule has 0 bridgehead atoms. The molecule has 33 heavy (non-hydrogen) atoms. The Morgan fingerprint density at radius 1 is 0.758 bits per heavy atom. The van der Waals surface area contributed by atoms with Gasteiger partial charge >= 0.3 is 0 Å². The number of thioether (sulfide) groups is 1. The first-order valence-electron chi connectivity index (χ1n) is 11.4. The Morgan fingerprint density at radius 3 is 2.09 bits per heavy atom. The smallest absolute Gasteiger partial charge is 0.269 e. The van der Waals surface area contributed by atoms with E-state index in [0.717, 1.165) is 28.9 Å². The van der Waals surface area contributed by atoms with Gasteiger partial charge in [-0.2, -0.15) is 0 Å². The first-order valence-corrected chi connectivity index (χ1v) is 12.4. The molecule has 2 atom stereocenters. The van der Waals surface area contributed by atoms with Gasteiger partial charge in [0.25, 0.3) is 5.91 Å². The van der Waals surface area contributed by atoms with Crippen molar-refractivity contribution < 1.29 is 9.59 Å². The number of benzene rings is 3. The van der Waals surface area contributed by atoms with Crippen LogP contribution in [0.25, 0.3) is 0 Å². The number of rotatable bonds is 2. The largest absolute Gasteiger partial charge is 0.303 e. The van der Waals surface area contributed by atoms with Gasteiger partial charge in [0.15, 0.2) is 0 Å². The molecule has 1 spiro atoms. The molecular formula is C28H26N2O2S. The first kappa shape index (κ1) is 20.5. The van der Waals surface area contributed by atoms with E-state index < -0.39 is 10.4 Å². The molecule has 0 saturated carbocycles. The molecule has 3 aromatic rings. The average molecular weight is 455 g/mol. The molecule has 6 rings (SSSR count). The number of anilines is 2. The van der Waals surface area contributed by atoms with Gasteiger partial charge in [0.05, 0.1) is 11.4 Å². The van der Waals surface area contributed by atoms with E-state index >= 15 is 0 Å². The van der Waals surface area contributed by atoms with Crippen molar-refractivity contribution in [1.82, 2.24) is 0 Å². The maximum Gasteiger partial charge on any atom is 0.269 e. The molecule has 3 heterocycles. The van der Waals surface area contributed by atoms with Gasteiger partial charge in [-0.15, -0.1) is 11.8 Å². The third-order valence-electron chi connectivity index (χ3n) is 7.50. The van der Waals surface area contributed by atoms with Gasteiger partial charge in [0, 0.05) is 22.2 Å². The lowest BCUT2D eigenvalue weighted by atomic mass is 9.65. The highest BCUT2D eigenvalue weighted by atomic mass is 32.2. The topological polar surface area (TPSA) is 40.6 Å². The normalized spacial score (nSPS) is 27.4. The second kappa shape index (κ2) is 6.73. The van der Waals surface area contributed by atoms with E-state index in [9.17, 15) is 9.59 Å². The second-order valence-electron chi connectivity index (χ2n) is 10.0. The van der Waals surface area contributed by atoms with Crippen LogP contribution in [0.2, 0.25) is 0 Å². The van der Waals surface area contributed by atoms with Crippen LogP contribution < -0.4 is 9.80 Å². The fourth-order valence-electron chi connectivity index (χ4n) is 6.28. The van der Waals surface area contributed by atoms with Gasteiger partial charge in [-0.3, -0.25) is 14.5 Å². The molecule has 4 nitrogen and oxygen atoms in total. The fourth-order valence-corrected chi connectivity index (χ4v) is 7.61. The summed E-state index contributed by atoms with van der Waals surface area (Å²) in [5.41, 5.74) is 4.42. The minimum atomic E-state index is -1.07. The highest BCUT2D eigenvalue weighted by molar-refractivity contribution is 8.02. The van der Waals surface area contributed by atoms with Crippen LogP contribution in [-0.4, -0.2) is 23.1 Å². The van der Waals surface area contributed by atoms with Gasteiger partial charge in [0.1, 0.15) is 0 Å². The quantitative estimate of drug-likeness (QED) is 0.517. The number of fused-ring (bicyclic) bond motifs is 1. The number of hydrogen-bond acceptors (Lipinski definition) is 3. The van der Waals surface area contributed by atoms with Crippen molar-refractivity contribution in [3.8, 4) is 0 Å². The van der Waals surface area contributed by atoms with Crippen LogP contribution >= 0.6 is 11.8 Å². The molecule has 0 unspecified atom stereocenters. The molecule has 3 aliphatic heterocycles.